The van der Waals surface area contributed by atoms with Crippen LogP contribution in [0.5, 0.6) is 5.75 Å². The van der Waals surface area contributed by atoms with E-state index in [9.17, 15) is 24.8 Å². The summed E-state index contributed by atoms with van der Waals surface area (Å²) in [6.45, 7) is 9.11. The number of fused-ring (bicyclic) bond motifs is 2. The van der Waals surface area contributed by atoms with Gasteiger partial charge in [-0.3, -0.25) is 19.7 Å². The number of hydrogen-bond donors (Lipinski definition) is 1. The number of phenols is 1. The number of nitro benzene ring substituents is 1. The Kier molecular flexibility index (Phi) is 8.92. The summed E-state index contributed by atoms with van der Waals surface area (Å²) in [4.78, 5) is 43.1. The van der Waals surface area contributed by atoms with Crippen LogP contribution in [0.4, 0.5) is 5.69 Å². The van der Waals surface area contributed by atoms with Gasteiger partial charge in [-0.1, -0.05) is 37.8 Å². The van der Waals surface area contributed by atoms with Crippen molar-refractivity contribution in [3.8, 4) is 5.75 Å². The van der Waals surface area contributed by atoms with Gasteiger partial charge in [0.1, 0.15) is 12.4 Å². The van der Waals surface area contributed by atoms with Crippen LogP contribution in [0.2, 0.25) is 25.7 Å². The third kappa shape index (κ3) is 6.52. The van der Waals surface area contributed by atoms with Crippen molar-refractivity contribution in [2.45, 2.75) is 63.9 Å². The van der Waals surface area contributed by atoms with Crippen molar-refractivity contribution in [3.63, 3.8) is 0 Å². The van der Waals surface area contributed by atoms with E-state index in [1.807, 2.05) is 6.92 Å². The molecule has 0 saturated heterocycles. The molecule has 3 aliphatic carbocycles. The van der Waals surface area contributed by atoms with E-state index in [2.05, 4.69) is 24.8 Å². The number of ether oxygens (including phenoxy) is 2. The van der Waals surface area contributed by atoms with Crippen molar-refractivity contribution in [1.29, 1.82) is 0 Å². The zero-order valence-electron chi connectivity index (χ0n) is 23.3. The number of nitrogens with zero attached hydrogens (tertiary/aromatic N) is 2. The molecule has 0 amide bonds. The zero-order chi connectivity index (χ0) is 29.0. The van der Waals surface area contributed by atoms with Crippen molar-refractivity contribution >= 4 is 31.4 Å². The fourth-order valence-corrected chi connectivity index (χ4v) is 6.15. The van der Waals surface area contributed by atoms with Gasteiger partial charge >= 0.3 is 11.9 Å². The summed E-state index contributed by atoms with van der Waals surface area (Å²) in [5.74, 6) is -3.53. The SMILES string of the molecule is CCCOC(=O)C1C2C(=NOCc3ccc([N+](=O)[O-])cc3)CC(c3ccc(O)cc32)C1C(=O)OCC[Si](C)(C)C. The first-order chi connectivity index (χ1) is 19.0. The highest BCUT2D eigenvalue weighted by Gasteiger charge is 2.57. The first-order valence-electron chi connectivity index (χ1n) is 13.6. The second-order valence-electron chi connectivity index (χ2n) is 11.6. The van der Waals surface area contributed by atoms with E-state index in [1.54, 1.807) is 30.3 Å². The Bertz CT molecular complexity index is 1290. The van der Waals surface area contributed by atoms with E-state index >= 15 is 0 Å². The minimum atomic E-state index is -1.44. The summed E-state index contributed by atoms with van der Waals surface area (Å²) >= 11 is 0. The van der Waals surface area contributed by atoms with Crippen LogP contribution in [-0.4, -0.2) is 49.0 Å². The van der Waals surface area contributed by atoms with Crippen molar-refractivity contribution in [2.75, 3.05) is 13.2 Å². The molecule has 2 aromatic rings. The average Bonchev–Trinajstić information content (AvgIpc) is 2.90. The molecular weight excluding hydrogens is 532 g/mol. The second-order valence-corrected chi connectivity index (χ2v) is 17.2. The number of non-ortho nitro benzene ring substituents is 1. The van der Waals surface area contributed by atoms with Crippen LogP contribution in [0.25, 0.3) is 0 Å². The molecule has 5 rings (SSSR count). The van der Waals surface area contributed by atoms with Crippen LogP contribution in [0.3, 0.4) is 0 Å². The molecule has 0 spiro atoms. The lowest BCUT2D eigenvalue weighted by Gasteiger charge is -2.47. The highest BCUT2D eigenvalue weighted by atomic mass is 28.3. The fourth-order valence-electron chi connectivity index (χ4n) is 5.43. The van der Waals surface area contributed by atoms with Gasteiger partial charge in [-0.15, -0.1) is 0 Å². The number of rotatable bonds is 11. The van der Waals surface area contributed by atoms with Gasteiger partial charge < -0.3 is 19.4 Å². The predicted octanol–water partition coefficient (Wildman–Crippen LogP) is 5.52. The molecule has 1 N–H and O–H groups in total. The normalized spacial score (nSPS) is 22.4. The van der Waals surface area contributed by atoms with Gasteiger partial charge in [0.15, 0.2) is 0 Å². The average molecular weight is 569 g/mol. The molecule has 4 unspecified atom stereocenters. The monoisotopic (exact) mass is 568 g/mol. The number of esters is 2. The van der Waals surface area contributed by atoms with Gasteiger partial charge in [0, 0.05) is 32.0 Å². The maximum atomic E-state index is 13.5. The first-order valence-corrected chi connectivity index (χ1v) is 17.3. The standard InChI is InChI=1S/C29H36N2O8Si/c1-5-12-37-29(34)27-25-22-15-20(32)10-11-21(22)23(26(27)28(33)38-13-14-40(2,3)4)16-24(25)30-39-17-18-6-8-19(9-7-18)31(35)36/h6-11,15,23,25-27,32H,5,12-14,16-17H2,1-4H3. The first kappa shape index (κ1) is 29.3. The maximum Gasteiger partial charge on any atom is 0.310 e. The van der Waals surface area contributed by atoms with Crippen molar-refractivity contribution in [1.82, 2.24) is 0 Å². The Balaban J connectivity index is 1.65. The quantitative estimate of drug-likeness (QED) is 0.162. The molecule has 0 heterocycles. The van der Waals surface area contributed by atoms with E-state index in [1.165, 1.54) is 12.1 Å². The van der Waals surface area contributed by atoms with Gasteiger partial charge in [0.05, 0.1) is 35.7 Å². The highest BCUT2D eigenvalue weighted by Crippen LogP contribution is 2.56. The van der Waals surface area contributed by atoms with E-state index in [-0.39, 0.29) is 24.7 Å². The highest BCUT2D eigenvalue weighted by molar-refractivity contribution is 6.76. The van der Waals surface area contributed by atoms with E-state index < -0.39 is 48.6 Å². The number of nitro groups is 1. The van der Waals surface area contributed by atoms with Gasteiger partial charge in [-0.2, -0.15) is 0 Å². The Morgan fingerprint density at radius 3 is 2.35 bits per heavy atom. The topological polar surface area (TPSA) is 138 Å². The molecule has 4 atom stereocenters. The summed E-state index contributed by atoms with van der Waals surface area (Å²) in [5, 5.41) is 25.6. The Hall–Kier alpha value is -3.73. The molecule has 3 aliphatic rings. The van der Waals surface area contributed by atoms with Crippen molar-refractivity contribution < 1.29 is 33.9 Å². The van der Waals surface area contributed by atoms with Crippen molar-refractivity contribution in [2.24, 2.45) is 17.0 Å². The lowest BCUT2D eigenvalue weighted by molar-refractivity contribution is -0.384. The predicted molar refractivity (Wildman–Crippen MR) is 151 cm³/mol. The number of oxime groups is 1. The van der Waals surface area contributed by atoms with Gasteiger partial charge in [0.25, 0.3) is 5.69 Å². The van der Waals surface area contributed by atoms with Gasteiger partial charge in [-0.05, 0) is 59.8 Å². The smallest absolute Gasteiger partial charge is 0.310 e. The van der Waals surface area contributed by atoms with E-state index in [0.717, 1.165) is 17.2 Å². The third-order valence-electron chi connectivity index (χ3n) is 7.42. The van der Waals surface area contributed by atoms with Crippen LogP contribution < -0.4 is 0 Å². The Labute approximate surface area is 234 Å². The minimum absolute atomic E-state index is 0.0210. The zero-order valence-corrected chi connectivity index (χ0v) is 24.3. The van der Waals surface area contributed by atoms with E-state index in [0.29, 0.717) is 30.7 Å². The summed E-state index contributed by atoms with van der Waals surface area (Å²) < 4.78 is 11.3. The number of benzene rings is 2. The Morgan fingerprint density at radius 1 is 1.02 bits per heavy atom. The summed E-state index contributed by atoms with van der Waals surface area (Å²) in [5.41, 5.74) is 2.85. The van der Waals surface area contributed by atoms with Crippen LogP contribution >= 0.6 is 0 Å². The van der Waals surface area contributed by atoms with Crippen LogP contribution in [0.15, 0.2) is 47.6 Å². The fraction of sp³-hybridized carbons (Fsp3) is 0.483. The van der Waals surface area contributed by atoms with Gasteiger partial charge in [-0.25, -0.2) is 0 Å². The third-order valence-corrected chi connectivity index (χ3v) is 9.13. The molecule has 1 saturated carbocycles. The molecule has 11 heteroatoms. The largest absolute Gasteiger partial charge is 0.508 e. The molecule has 0 aliphatic heterocycles. The lowest BCUT2D eigenvalue weighted by atomic mass is 9.55. The molecule has 2 bridgehead atoms. The summed E-state index contributed by atoms with van der Waals surface area (Å²) in [6, 6.07) is 11.8. The number of hydrogen-bond acceptors (Lipinski definition) is 9. The molecule has 1 fully saturated rings. The molecule has 214 valence electrons. The summed E-state index contributed by atoms with van der Waals surface area (Å²) in [7, 11) is -1.44. The molecule has 0 aromatic heterocycles. The molecule has 40 heavy (non-hydrogen) atoms. The maximum absolute atomic E-state index is 13.5. The summed E-state index contributed by atoms with van der Waals surface area (Å²) in [6.07, 6.45) is 1.02. The number of phenolic OH excluding ortho intramolecular Hbond substituents is 1. The van der Waals surface area contributed by atoms with Crippen LogP contribution in [0, 0.1) is 22.0 Å². The van der Waals surface area contributed by atoms with Crippen LogP contribution in [-0.2, 0) is 30.5 Å². The van der Waals surface area contributed by atoms with Gasteiger partial charge in [0.2, 0.25) is 0 Å². The molecular formula is C29H36N2O8Si. The molecule has 10 nitrogen and oxygen atoms in total. The molecule has 2 aromatic carbocycles. The number of aromatic hydroxyl groups is 1. The second kappa shape index (κ2) is 12.2. The van der Waals surface area contributed by atoms with Crippen molar-refractivity contribution in [3.05, 3.63) is 69.3 Å². The molecule has 0 radical (unpaired) electrons. The van der Waals surface area contributed by atoms with E-state index in [4.69, 9.17) is 14.3 Å². The lowest BCUT2D eigenvalue weighted by Crippen LogP contribution is -2.51. The Morgan fingerprint density at radius 2 is 1.70 bits per heavy atom. The minimum Gasteiger partial charge on any atom is -0.508 e. The number of carbonyl (C=O) groups is 2. The number of carbonyl (C=O) groups excluding carboxylic acids is 2. The van der Waals surface area contributed by atoms with Crippen LogP contribution in [0.1, 0.15) is 48.3 Å².